The van der Waals surface area contributed by atoms with Crippen molar-refractivity contribution in [3.05, 3.63) is 40.5 Å². The summed E-state index contributed by atoms with van der Waals surface area (Å²) in [5.74, 6) is 0.866. The number of thiazole rings is 1. The number of benzene rings is 1. The van der Waals surface area contributed by atoms with Crippen LogP contribution in [0.1, 0.15) is 16.1 Å². The number of aryl methyl sites for hydroxylation is 3. The summed E-state index contributed by atoms with van der Waals surface area (Å²) in [5.41, 5.74) is 4.48. The van der Waals surface area contributed by atoms with Gasteiger partial charge in [0.15, 0.2) is 4.96 Å². The highest BCUT2D eigenvalue weighted by Crippen LogP contribution is 2.32. The molecule has 0 saturated heterocycles. The molecule has 19 heavy (non-hydrogen) atoms. The van der Waals surface area contributed by atoms with Gasteiger partial charge < -0.3 is 4.74 Å². The monoisotopic (exact) mass is 272 g/mol. The van der Waals surface area contributed by atoms with Crippen LogP contribution in [0.2, 0.25) is 0 Å². The largest absolute Gasteiger partial charge is 0.496 e. The molecule has 0 aliphatic heterocycles. The first-order valence-corrected chi connectivity index (χ1v) is 7.02. The van der Waals surface area contributed by atoms with Crippen LogP contribution in [0, 0.1) is 20.8 Å². The third-order valence-corrected chi connectivity index (χ3v) is 4.49. The lowest BCUT2D eigenvalue weighted by atomic mass is 10.1. The second-order valence-corrected chi connectivity index (χ2v) is 5.91. The minimum Gasteiger partial charge on any atom is -0.496 e. The molecule has 3 nitrogen and oxygen atoms in total. The molecule has 0 saturated carbocycles. The Morgan fingerprint density at radius 3 is 2.68 bits per heavy atom. The van der Waals surface area contributed by atoms with Crippen LogP contribution in [0.5, 0.6) is 5.75 Å². The van der Waals surface area contributed by atoms with Crippen molar-refractivity contribution in [3.8, 4) is 17.0 Å². The quantitative estimate of drug-likeness (QED) is 0.705. The second kappa shape index (κ2) is 4.38. The number of methoxy groups -OCH3 is 1. The number of imidazole rings is 1. The van der Waals surface area contributed by atoms with Crippen LogP contribution in [0.4, 0.5) is 0 Å². The van der Waals surface area contributed by atoms with Crippen molar-refractivity contribution in [2.45, 2.75) is 20.8 Å². The van der Waals surface area contributed by atoms with Crippen LogP contribution in [0.15, 0.2) is 24.4 Å². The minimum atomic E-state index is 0.866. The molecule has 2 aromatic heterocycles. The molecule has 4 heteroatoms. The van der Waals surface area contributed by atoms with Crippen molar-refractivity contribution >= 4 is 16.3 Å². The molecule has 2 heterocycles. The molecule has 0 radical (unpaired) electrons. The van der Waals surface area contributed by atoms with Gasteiger partial charge in [-0.3, -0.25) is 4.40 Å². The highest BCUT2D eigenvalue weighted by Gasteiger charge is 2.13. The van der Waals surface area contributed by atoms with Crippen molar-refractivity contribution in [2.24, 2.45) is 0 Å². The Kier molecular flexibility index (Phi) is 2.82. The molecular formula is C15H16N2OS. The second-order valence-electron chi connectivity index (χ2n) is 4.73. The van der Waals surface area contributed by atoms with Crippen molar-refractivity contribution in [1.82, 2.24) is 9.38 Å². The predicted octanol–water partition coefficient (Wildman–Crippen LogP) is 4.00. The molecule has 0 N–H and O–H groups in total. The standard InChI is InChI=1S/C15H16N2OS/c1-9-5-6-14(18-4)12(7-9)13-8-17-10(2)11(3)19-15(17)16-13/h5-8H,1-4H3. The Hall–Kier alpha value is -1.81. The molecule has 0 bridgehead atoms. The summed E-state index contributed by atoms with van der Waals surface area (Å²) in [4.78, 5) is 7.06. The van der Waals surface area contributed by atoms with E-state index in [1.54, 1.807) is 18.4 Å². The lowest BCUT2D eigenvalue weighted by molar-refractivity contribution is 0.416. The Morgan fingerprint density at radius 2 is 2.00 bits per heavy atom. The van der Waals surface area contributed by atoms with Gasteiger partial charge in [0.25, 0.3) is 0 Å². The molecule has 0 spiro atoms. The summed E-state index contributed by atoms with van der Waals surface area (Å²) in [6, 6.07) is 6.17. The Bertz CT molecular complexity index is 755. The first kappa shape index (κ1) is 12.2. The van der Waals surface area contributed by atoms with Crippen molar-refractivity contribution < 1.29 is 4.74 Å². The third kappa shape index (κ3) is 1.92. The number of nitrogens with zero attached hydrogens (tertiary/aromatic N) is 2. The van der Waals surface area contributed by atoms with Gasteiger partial charge in [-0.15, -0.1) is 11.3 Å². The zero-order valence-electron chi connectivity index (χ0n) is 11.5. The number of ether oxygens (including phenoxy) is 1. The van der Waals surface area contributed by atoms with E-state index in [1.165, 1.54) is 16.1 Å². The van der Waals surface area contributed by atoms with Crippen LogP contribution in [0.3, 0.4) is 0 Å². The van der Waals surface area contributed by atoms with E-state index in [9.17, 15) is 0 Å². The maximum atomic E-state index is 5.44. The van der Waals surface area contributed by atoms with Crippen LogP contribution in [-0.4, -0.2) is 16.5 Å². The smallest absolute Gasteiger partial charge is 0.194 e. The zero-order valence-corrected chi connectivity index (χ0v) is 12.3. The van der Waals surface area contributed by atoms with E-state index in [-0.39, 0.29) is 0 Å². The number of hydrogen-bond acceptors (Lipinski definition) is 3. The molecule has 1 aromatic carbocycles. The van der Waals surface area contributed by atoms with Crippen molar-refractivity contribution in [1.29, 1.82) is 0 Å². The van der Waals surface area contributed by atoms with Gasteiger partial charge in [-0.05, 0) is 32.9 Å². The van der Waals surface area contributed by atoms with E-state index in [2.05, 4.69) is 43.5 Å². The molecular weight excluding hydrogens is 256 g/mol. The Labute approximate surface area is 116 Å². The van der Waals surface area contributed by atoms with Gasteiger partial charge in [0.1, 0.15) is 5.75 Å². The van der Waals surface area contributed by atoms with E-state index in [0.717, 1.165) is 22.0 Å². The molecule has 0 aliphatic rings. The summed E-state index contributed by atoms with van der Waals surface area (Å²) in [5, 5.41) is 0. The van der Waals surface area contributed by atoms with Crippen LogP contribution >= 0.6 is 11.3 Å². The van der Waals surface area contributed by atoms with Crippen molar-refractivity contribution in [2.75, 3.05) is 7.11 Å². The van der Waals surface area contributed by atoms with E-state index >= 15 is 0 Å². The highest BCUT2D eigenvalue weighted by molar-refractivity contribution is 7.17. The van der Waals surface area contributed by atoms with E-state index in [1.807, 2.05) is 6.07 Å². The zero-order chi connectivity index (χ0) is 13.6. The fourth-order valence-corrected chi connectivity index (χ4v) is 3.16. The number of aromatic nitrogens is 2. The summed E-state index contributed by atoms with van der Waals surface area (Å²) in [6.07, 6.45) is 2.09. The van der Waals surface area contributed by atoms with E-state index in [0.29, 0.717) is 0 Å². The van der Waals surface area contributed by atoms with Gasteiger partial charge in [0, 0.05) is 22.3 Å². The van der Waals surface area contributed by atoms with Crippen LogP contribution in [0.25, 0.3) is 16.2 Å². The molecule has 0 amide bonds. The summed E-state index contributed by atoms with van der Waals surface area (Å²) < 4.78 is 7.59. The number of fused-ring (bicyclic) bond motifs is 1. The van der Waals surface area contributed by atoms with Gasteiger partial charge in [-0.2, -0.15) is 0 Å². The molecule has 0 fully saturated rings. The third-order valence-electron chi connectivity index (χ3n) is 3.42. The SMILES string of the molecule is COc1ccc(C)cc1-c1cn2c(C)c(C)sc2n1. The van der Waals surface area contributed by atoms with Gasteiger partial charge in [-0.1, -0.05) is 11.6 Å². The normalized spacial score (nSPS) is 11.2. The van der Waals surface area contributed by atoms with Gasteiger partial charge in [0.2, 0.25) is 0 Å². The molecule has 0 unspecified atom stereocenters. The fourth-order valence-electron chi connectivity index (χ4n) is 2.21. The topological polar surface area (TPSA) is 26.5 Å². The average molecular weight is 272 g/mol. The lowest BCUT2D eigenvalue weighted by Gasteiger charge is -2.06. The van der Waals surface area contributed by atoms with Crippen molar-refractivity contribution in [3.63, 3.8) is 0 Å². The first-order chi connectivity index (χ1) is 9.10. The minimum absolute atomic E-state index is 0.866. The summed E-state index contributed by atoms with van der Waals surface area (Å²) in [6.45, 7) is 6.33. The lowest BCUT2D eigenvalue weighted by Crippen LogP contribution is -1.89. The fraction of sp³-hybridized carbons (Fsp3) is 0.267. The first-order valence-electron chi connectivity index (χ1n) is 6.20. The van der Waals surface area contributed by atoms with Crippen LogP contribution in [-0.2, 0) is 0 Å². The van der Waals surface area contributed by atoms with Gasteiger partial charge in [-0.25, -0.2) is 4.98 Å². The predicted molar refractivity (Wildman–Crippen MR) is 79.3 cm³/mol. The average Bonchev–Trinajstić information content (AvgIpc) is 2.91. The highest BCUT2D eigenvalue weighted by atomic mass is 32.1. The molecule has 0 aliphatic carbocycles. The van der Waals surface area contributed by atoms with Gasteiger partial charge >= 0.3 is 0 Å². The molecule has 0 atom stereocenters. The molecule has 98 valence electrons. The Morgan fingerprint density at radius 1 is 1.21 bits per heavy atom. The van der Waals surface area contributed by atoms with E-state index < -0.39 is 0 Å². The maximum Gasteiger partial charge on any atom is 0.194 e. The maximum absolute atomic E-state index is 5.44. The molecule has 3 rings (SSSR count). The van der Waals surface area contributed by atoms with Crippen LogP contribution < -0.4 is 4.74 Å². The van der Waals surface area contributed by atoms with Gasteiger partial charge in [0.05, 0.1) is 12.8 Å². The van der Waals surface area contributed by atoms with E-state index in [4.69, 9.17) is 9.72 Å². The Balaban J connectivity index is 2.21. The number of hydrogen-bond donors (Lipinski definition) is 0. The number of rotatable bonds is 2. The summed E-state index contributed by atoms with van der Waals surface area (Å²) in [7, 11) is 1.70. The summed E-state index contributed by atoms with van der Waals surface area (Å²) >= 11 is 1.72. The molecule has 3 aromatic rings.